The van der Waals surface area contributed by atoms with Crippen molar-refractivity contribution < 1.29 is 4.42 Å². The first-order valence-electron chi connectivity index (χ1n) is 3.90. The van der Waals surface area contributed by atoms with Gasteiger partial charge in [0, 0.05) is 0 Å². The Balaban J connectivity index is 2.41. The minimum absolute atomic E-state index is 0.525. The molecule has 0 saturated carbocycles. The van der Waals surface area contributed by atoms with Crippen LogP contribution in [0.2, 0.25) is 0 Å². The largest absolute Gasteiger partial charge is 0.440 e. The zero-order valence-electron chi connectivity index (χ0n) is 7.19. The first-order chi connectivity index (χ1) is 6.25. The van der Waals surface area contributed by atoms with Crippen molar-refractivity contribution in [1.82, 2.24) is 9.97 Å². The van der Waals surface area contributed by atoms with Crippen LogP contribution in [0.4, 0.5) is 5.69 Å². The van der Waals surface area contributed by atoms with E-state index in [9.17, 15) is 0 Å². The minimum atomic E-state index is 0.525. The Morgan fingerprint density at radius 3 is 2.62 bits per heavy atom. The van der Waals surface area contributed by atoms with Gasteiger partial charge in [0.1, 0.15) is 11.5 Å². The highest BCUT2D eigenvalue weighted by atomic mass is 16.4. The Morgan fingerprint density at radius 2 is 2.08 bits per heavy atom. The standard InChI is InChI=1S/C9H9N3O/c1-6-4-12-9(13-6)8-3-2-7(10)5-11-8/h2-5H,10H2,1H3. The van der Waals surface area contributed by atoms with E-state index < -0.39 is 0 Å². The normalized spacial score (nSPS) is 10.2. The van der Waals surface area contributed by atoms with Crippen LogP contribution >= 0.6 is 0 Å². The fourth-order valence-electron chi connectivity index (χ4n) is 1.00. The molecule has 0 spiro atoms. The maximum absolute atomic E-state index is 5.50. The van der Waals surface area contributed by atoms with Crippen molar-refractivity contribution >= 4 is 5.69 Å². The number of oxazole rings is 1. The Kier molecular flexibility index (Phi) is 1.73. The van der Waals surface area contributed by atoms with Crippen LogP contribution in [0.25, 0.3) is 11.6 Å². The fraction of sp³-hybridized carbons (Fsp3) is 0.111. The fourth-order valence-corrected chi connectivity index (χ4v) is 1.00. The lowest BCUT2D eigenvalue weighted by molar-refractivity contribution is 0.540. The zero-order chi connectivity index (χ0) is 9.26. The van der Waals surface area contributed by atoms with Gasteiger partial charge in [-0.1, -0.05) is 0 Å². The summed E-state index contributed by atoms with van der Waals surface area (Å²) in [5.74, 6) is 1.30. The molecule has 66 valence electrons. The molecule has 2 aromatic rings. The lowest BCUT2D eigenvalue weighted by Gasteiger charge is -1.94. The van der Waals surface area contributed by atoms with E-state index in [-0.39, 0.29) is 0 Å². The van der Waals surface area contributed by atoms with E-state index in [4.69, 9.17) is 10.2 Å². The van der Waals surface area contributed by atoms with Crippen LogP contribution < -0.4 is 5.73 Å². The summed E-state index contributed by atoms with van der Waals surface area (Å²) in [5, 5.41) is 0. The molecule has 0 unspecified atom stereocenters. The monoisotopic (exact) mass is 175 g/mol. The van der Waals surface area contributed by atoms with Crippen molar-refractivity contribution in [3.63, 3.8) is 0 Å². The molecule has 13 heavy (non-hydrogen) atoms. The highest BCUT2D eigenvalue weighted by molar-refractivity contribution is 5.50. The lowest BCUT2D eigenvalue weighted by atomic mass is 10.3. The molecule has 4 nitrogen and oxygen atoms in total. The summed E-state index contributed by atoms with van der Waals surface area (Å²) in [6, 6.07) is 3.54. The number of hydrogen-bond donors (Lipinski definition) is 1. The number of anilines is 1. The van der Waals surface area contributed by atoms with Gasteiger partial charge in [-0.2, -0.15) is 0 Å². The van der Waals surface area contributed by atoms with E-state index in [1.165, 1.54) is 0 Å². The third kappa shape index (κ3) is 1.51. The van der Waals surface area contributed by atoms with Crippen LogP contribution in [-0.4, -0.2) is 9.97 Å². The van der Waals surface area contributed by atoms with Gasteiger partial charge in [0.25, 0.3) is 0 Å². The highest BCUT2D eigenvalue weighted by Gasteiger charge is 2.04. The van der Waals surface area contributed by atoms with E-state index in [0.29, 0.717) is 17.3 Å². The van der Waals surface area contributed by atoms with Crippen LogP contribution in [-0.2, 0) is 0 Å². The summed E-state index contributed by atoms with van der Waals surface area (Å²) in [6.07, 6.45) is 3.24. The molecule has 2 heterocycles. The zero-order valence-corrected chi connectivity index (χ0v) is 7.19. The molecule has 0 saturated heterocycles. The van der Waals surface area contributed by atoms with Crippen molar-refractivity contribution in [1.29, 1.82) is 0 Å². The Hall–Kier alpha value is -1.84. The topological polar surface area (TPSA) is 64.9 Å². The van der Waals surface area contributed by atoms with Gasteiger partial charge in [0.05, 0.1) is 18.1 Å². The van der Waals surface area contributed by atoms with Crippen LogP contribution in [0.1, 0.15) is 5.76 Å². The molecule has 0 aliphatic rings. The maximum atomic E-state index is 5.50. The molecule has 2 rings (SSSR count). The van der Waals surface area contributed by atoms with Crippen LogP contribution in [0.15, 0.2) is 28.9 Å². The number of nitrogens with two attached hydrogens (primary N) is 1. The van der Waals surface area contributed by atoms with Crippen LogP contribution in [0, 0.1) is 6.92 Å². The van der Waals surface area contributed by atoms with Gasteiger partial charge in [-0.05, 0) is 19.1 Å². The Labute approximate surface area is 75.4 Å². The number of pyridine rings is 1. The summed E-state index contributed by atoms with van der Waals surface area (Å²) in [6.45, 7) is 1.84. The molecule has 2 aromatic heterocycles. The van der Waals surface area contributed by atoms with E-state index >= 15 is 0 Å². The third-order valence-corrected chi connectivity index (χ3v) is 1.63. The smallest absolute Gasteiger partial charge is 0.245 e. The number of aromatic nitrogens is 2. The van der Waals surface area contributed by atoms with Crippen molar-refractivity contribution in [3.8, 4) is 11.6 Å². The second kappa shape index (κ2) is 2.90. The average molecular weight is 175 g/mol. The van der Waals surface area contributed by atoms with Crippen molar-refractivity contribution in [2.75, 3.05) is 5.73 Å². The summed E-state index contributed by atoms with van der Waals surface area (Å²) >= 11 is 0. The predicted octanol–water partition coefficient (Wildman–Crippen LogP) is 1.63. The summed E-state index contributed by atoms with van der Waals surface area (Å²) in [4.78, 5) is 8.13. The lowest BCUT2D eigenvalue weighted by Crippen LogP contribution is -1.87. The molecule has 0 aromatic carbocycles. The number of nitrogens with zero attached hydrogens (tertiary/aromatic N) is 2. The molecular formula is C9H9N3O. The molecule has 0 bridgehead atoms. The van der Waals surface area contributed by atoms with Gasteiger partial charge < -0.3 is 10.2 Å². The van der Waals surface area contributed by atoms with Crippen LogP contribution in [0.5, 0.6) is 0 Å². The molecule has 4 heteroatoms. The number of hydrogen-bond acceptors (Lipinski definition) is 4. The molecule has 0 aliphatic heterocycles. The molecule has 0 fully saturated rings. The highest BCUT2D eigenvalue weighted by Crippen LogP contribution is 2.16. The van der Waals surface area contributed by atoms with E-state index in [1.807, 2.05) is 6.92 Å². The van der Waals surface area contributed by atoms with Crippen molar-refractivity contribution in [2.45, 2.75) is 6.92 Å². The summed E-state index contributed by atoms with van der Waals surface area (Å²) in [7, 11) is 0. The SMILES string of the molecule is Cc1cnc(-c2ccc(N)cn2)o1. The number of aryl methyl sites for hydroxylation is 1. The number of nitrogen functional groups attached to an aromatic ring is 1. The van der Waals surface area contributed by atoms with E-state index in [0.717, 1.165) is 5.76 Å². The third-order valence-electron chi connectivity index (χ3n) is 1.63. The van der Waals surface area contributed by atoms with Gasteiger partial charge in [-0.25, -0.2) is 9.97 Å². The van der Waals surface area contributed by atoms with E-state index in [1.54, 1.807) is 24.5 Å². The quantitative estimate of drug-likeness (QED) is 0.715. The molecule has 2 N–H and O–H groups in total. The van der Waals surface area contributed by atoms with Crippen molar-refractivity contribution in [2.24, 2.45) is 0 Å². The van der Waals surface area contributed by atoms with E-state index in [2.05, 4.69) is 9.97 Å². The predicted molar refractivity (Wildman–Crippen MR) is 48.9 cm³/mol. The van der Waals surface area contributed by atoms with Gasteiger partial charge in [0.15, 0.2) is 0 Å². The molecule has 0 atom stereocenters. The molecule has 0 aliphatic carbocycles. The van der Waals surface area contributed by atoms with Gasteiger partial charge in [-0.15, -0.1) is 0 Å². The molecule has 0 amide bonds. The average Bonchev–Trinajstić information content (AvgIpc) is 2.53. The maximum Gasteiger partial charge on any atom is 0.245 e. The second-order valence-corrected chi connectivity index (χ2v) is 2.75. The molecule has 0 radical (unpaired) electrons. The summed E-state index contributed by atoms with van der Waals surface area (Å²) in [5.41, 5.74) is 6.82. The van der Waals surface area contributed by atoms with Gasteiger partial charge in [-0.3, -0.25) is 0 Å². The summed E-state index contributed by atoms with van der Waals surface area (Å²) < 4.78 is 5.29. The minimum Gasteiger partial charge on any atom is -0.440 e. The second-order valence-electron chi connectivity index (χ2n) is 2.75. The molecular weight excluding hydrogens is 166 g/mol. The van der Waals surface area contributed by atoms with Crippen LogP contribution in [0.3, 0.4) is 0 Å². The van der Waals surface area contributed by atoms with Gasteiger partial charge >= 0.3 is 0 Å². The van der Waals surface area contributed by atoms with Crippen molar-refractivity contribution in [3.05, 3.63) is 30.3 Å². The van der Waals surface area contributed by atoms with Gasteiger partial charge in [0.2, 0.25) is 5.89 Å². The number of rotatable bonds is 1. The first kappa shape index (κ1) is 7.79. The first-order valence-corrected chi connectivity index (χ1v) is 3.90. The Morgan fingerprint density at radius 1 is 1.23 bits per heavy atom. The Bertz CT molecular complexity index is 405.